The first kappa shape index (κ1) is 21.0. The summed E-state index contributed by atoms with van der Waals surface area (Å²) in [5.74, 6) is 1.80. The minimum Gasteiger partial charge on any atom is -0.494 e. The fourth-order valence-corrected chi connectivity index (χ4v) is 3.00. The number of hydrogen-bond donors (Lipinski definition) is 1. The molecule has 1 saturated heterocycles. The summed E-state index contributed by atoms with van der Waals surface area (Å²) in [5.41, 5.74) is 1.69. The van der Waals surface area contributed by atoms with Gasteiger partial charge in [0.05, 0.1) is 18.4 Å². The maximum absolute atomic E-state index is 12.4. The van der Waals surface area contributed by atoms with Crippen LogP contribution in [-0.4, -0.2) is 38.4 Å². The number of benzene rings is 2. The summed E-state index contributed by atoms with van der Waals surface area (Å²) in [6.45, 7) is 5.90. The lowest BCUT2D eigenvalue weighted by Crippen LogP contribution is -2.21. The van der Waals surface area contributed by atoms with Crippen molar-refractivity contribution < 1.29 is 23.7 Å². The summed E-state index contributed by atoms with van der Waals surface area (Å²) >= 11 is 0. The second-order valence-electron chi connectivity index (χ2n) is 7.10. The summed E-state index contributed by atoms with van der Waals surface area (Å²) < 4.78 is 22.6. The molecule has 1 atom stereocenters. The Morgan fingerprint density at radius 2 is 1.86 bits per heavy atom. The average molecular weight is 399 g/mol. The molecule has 1 aliphatic rings. The van der Waals surface area contributed by atoms with E-state index in [-0.39, 0.29) is 18.6 Å². The van der Waals surface area contributed by atoms with Crippen molar-refractivity contribution in [3.8, 4) is 17.2 Å². The molecule has 0 aromatic heterocycles. The molecule has 1 N–H and O–H groups in total. The van der Waals surface area contributed by atoms with Gasteiger partial charge in [-0.15, -0.1) is 0 Å². The lowest BCUT2D eigenvalue weighted by atomic mass is 10.2. The second-order valence-corrected chi connectivity index (χ2v) is 7.10. The largest absolute Gasteiger partial charge is 0.494 e. The Hall–Kier alpha value is -2.73. The lowest BCUT2D eigenvalue weighted by molar-refractivity contribution is -0.118. The van der Waals surface area contributed by atoms with Crippen LogP contribution >= 0.6 is 0 Å². The highest BCUT2D eigenvalue weighted by Gasteiger charge is 2.17. The molecule has 156 valence electrons. The Balaban J connectivity index is 1.51. The zero-order chi connectivity index (χ0) is 20.5. The second kappa shape index (κ2) is 10.7. The number of anilines is 1. The van der Waals surface area contributed by atoms with Crippen molar-refractivity contribution in [2.24, 2.45) is 0 Å². The van der Waals surface area contributed by atoms with Gasteiger partial charge in [-0.1, -0.05) is 13.0 Å². The third-order valence-electron chi connectivity index (χ3n) is 4.53. The normalized spacial score (nSPS) is 15.7. The van der Waals surface area contributed by atoms with Gasteiger partial charge < -0.3 is 24.3 Å². The van der Waals surface area contributed by atoms with Crippen LogP contribution in [0.3, 0.4) is 0 Å². The fourth-order valence-electron chi connectivity index (χ4n) is 3.00. The van der Waals surface area contributed by atoms with E-state index in [0.29, 0.717) is 30.4 Å². The van der Waals surface area contributed by atoms with E-state index in [2.05, 4.69) is 12.2 Å². The number of aryl methyl sites for hydroxylation is 1. The highest BCUT2D eigenvalue weighted by atomic mass is 16.5. The van der Waals surface area contributed by atoms with Crippen molar-refractivity contribution >= 4 is 11.6 Å². The monoisotopic (exact) mass is 399 g/mol. The molecule has 2 aromatic carbocycles. The van der Waals surface area contributed by atoms with Crippen LogP contribution in [0.5, 0.6) is 17.2 Å². The Morgan fingerprint density at radius 3 is 2.55 bits per heavy atom. The van der Waals surface area contributed by atoms with Crippen LogP contribution in [0.1, 0.15) is 31.7 Å². The van der Waals surface area contributed by atoms with E-state index in [1.165, 1.54) is 0 Å². The molecule has 1 heterocycles. The molecule has 0 saturated carbocycles. The molecule has 1 unspecified atom stereocenters. The van der Waals surface area contributed by atoms with Crippen molar-refractivity contribution in [1.29, 1.82) is 0 Å². The van der Waals surface area contributed by atoms with Gasteiger partial charge in [0.15, 0.2) is 6.61 Å². The first-order valence-electron chi connectivity index (χ1n) is 10.1. The molecule has 2 aromatic rings. The Kier molecular flexibility index (Phi) is 7.76. The van der Waals surface area contributed by atoms with E-state index in [0.717, 1.165) is 37.2 Å². The van der Waals surface area contributed by atoms with Crippen LogP contribution in [0, 0.1) is 6.92 Å². The number of hydrogen-bond acceptors (Lipinski definition) is 5. The topological polar surface area (TPSA) is 66.0 Å². The third-order valence-corrected chi connectivity index (χ3v) is 4.53. The molecular weight excluding hydrogens is 370 g/mol. The molecule has 1 amide bonds. The van der Waals surface area contributed by atoms with Gasteiger partial charge in [-0.3, -0.25) is 4.79 Å². The van der Waals surface area contributed by atoms with E-state index < -0.39 is 0 Å². The smallest absolute Gasteiger partial charge is 0.262 e. The molecule has 0 radical (unpaired) electrons. The third kappa shape index (κ3) is 6.68. The van der Waals surface area contributed by atoms with E-state index in [1.807, 2.05) is 37.3 Å². The molecule has 29 heavy (non-hydrogen) atoms. The van der Waals surface area contributed by atoms with Crippen LogP contribution in [0.4, 0.5) is 5.69 Å². The van der Waals surface area contributed by atoms with Crippen molar-refractivity contribution in [2.75, 3.05) is 31.7 Å². The summed E-state index contributed by atoms with van der Waals surface area (Å²) in [4.78, 5) is 12.4. The maximum Gasteiger partial charge on any atom is 0.262 e. The predicted molar refractivity (Wildman–Crippen MR) is 112 cm³/mol. The molecule has 1 aliphatic heterocycles. The van der Waals surface area contributed by atoms with Gasteiger partial charge in [-0.25, -0.2) is 0 Å². The van der Waals surface area contributed by atoms with Crippen LogP contribution < -0.4 is 19.5 Å². The molecule has 1 fully saturated rings. The van der Waals surface area contributed by atoms with Gasteiger partial charge in [0.25, 0.3) is 5.91 Å². The summed E-state index contributed by atoms with van der Waals surface area (Å²) in [6, 6.07) is 12.9. The highest BCUT2D eigenvalue weighted by molar-refractivity contribution is 5.93. The SMILES string of the molecule is CCCOc1ccc(OCC(=O)Nc2ccc(C)cc2OCC2CCCO2)cc1. The first-order chi connectivity index (χ1) is 14.1. The van der Waals surface area contributed by atoms with Crippen LogP contribution in [0.25, 0.3) is 0 Å². The molecule has 0 bridgehead atoms. The predicted octanol–water partition coefficient (Wildman–Crippen LogP) is 4.36. The van der Waals surface area contributed by atoms with Gasteiger partial charge in [0, 0.05) is 6.61 Å². The molecule has 3 rings (SSSR count). The fraction of sp³-hybridized carbons (Fsp3) is 0.435. The Bertz CT molecular complexity index is 784. The summed E-state index contributed by atoms with van der Waals surface area (Å²) in [7, 11) is 0. The van der Waals surface area contributed by atoms with E-state index >= 15 is 0 Å². The number of carbonyl (C=O) groups excluding carboxylic acids is 1. The Labute approximate surface area is 172 Å². The zero-order valence-electron chi connectivity index (χ0n) is 17.1. The molecule has 6 nitrogen and oxygen atoms in total. The number of ether oxygens (including phenoxy) is 4. The number of rotatable bonds is 10. The first-order valence-corrected chi connectivity index (χ1v) is 10.1. The minimum atomic E-state index is -0.248. The maximum atomic E-state index is 12.4. The average Bonchev–Trinajstić information content (AvgIpc) is 3.25. The number of amides is 1. The van der Waals surface area contributed by atoms with Crippen molar-refractivity contribution in [2.45, 2.75) is 39.2 Å². The standard InChI is InChI=1S/C23H29NO5/c1-3-12-26-18-7-9-19(10-8-18)28-16-23(25)24-21-11-6-17(2)14-22(21)29-15-20-5-4-13-27-20/h6-11,14,20H,3-5,12-13,15-16H2,1-2H3,(H,24,25). The molecule has 0 spiro atoms. The van der Waals surface area contributed by atoms with E-state index in [4.69, 9.17) is 18.9 Å². The van der Waals surface area contributed by atoms with Gasteiger partial charge in [-0.2, -0.15) is 0 Å². The summed E-state index contributed by atoms with van der Waals surface area (Å²) in [5, 5.41) is 2.87. The van der Waals surface area contributed by atoms with Gasteiger partial charge >= 0.3 is 0 Å². The zero-order valence-corrected chi connectivity index (χ0v) is 17.1. The number of carbonyl (C=O) groups is 1. The molecule has 0 aliphatic carbocycles. The van der Waals surface area contributed by atoms with Crippen molar-refractivity contribution in [1.82, 2.24) is 0 Å². The molecule has 6 heteroatoms. The summed E-state index contributed by atoms with van der Waals surface area (Å²) in [6.07, 6.45) is 3.14. The van der Waals surface area contributed by atoms with Gasteiger partial charge in [0.2, 0.25) is 0 Å². The minimum absolute atomic E-state index is 0.0891. The van der Waals surface area contributed by atoms with E-state index in [9.17, 15) is 4.79 Å². The quantitative estimate of drug-likeness (QED) is 0.643. The van der Waals surface area contributed by atoms with Gasteiger partial charge in [-0.05, 0) is 68.1 Å². The van der Waals surface area contributed by atoms with Crippen LogP contribution in [-0.2, 0) is 9.53 Å². The van der Waals surface area contributed by atoms with Crippen LogP contribution in [0.2, 0.25) is 0 Å². The van der Waals surface area contributed by atoms with Gasteiger partial charge in [0.1, 0.15) is 23.9 Å². The number of nitrogens with one attached hydrogen (secondary N) is 1. The van der Waals surface area contributed by atoms with E-state index in [1.54, 1.807) is 12.1 Å². The molecular formula is C23H29NO5. The Morgan fingerprint density at radius 1 is 1.10 bits per heavy atom. The van der Waals surface area contributed by atoms with Crippen molar-refractivity contribution in [3.63, 3.8) is 0 Å². The lowest BCUT2D eigenvalue weighted by Gasteiger charge is -2.16. The van der Waals surface area contributed by atoms with Crippen molar-refractivity contribution in [3.05, 3.63) is 48.0 Å². The highest BCUT2D eigenvalue weighted by Crippen LogP contribution is 2.27. The van der Waals surface area contributed by atoms with Crippen LogP contribution in [0.15, 0.2) is 42.5 Å².